The van der Waals surface area contributed by atoms with E-state index in [0.29, 0.717) is 23.7 Å². The van der Waals surface area contributed by atoms with Gasteiger partial charge in [-0.15, -0.1) is 0 Å². The fraction of sp³-hybridized carbons (Fsp3) is 0.333. The fourth-order valence-electron chi connectivity index (χ4n) is 3.75. The number of pyridine rings is 3. The fourth-order valence-corrected chi connectivity index (χ4v) is 3.75. The first kappa shape index (κ1) is 24.5. The maximum Gasteiger partial charge on any atom is 0.222 e. The molecule has 0 amide bonds. The second kappa shape index (κ2) is 9.95. The molecule has 0 spiro atoms. The summed E-state index contributed by atoms with van der Waals surface area (Å²) < 4.78 is 13.0. The number of hydrogen-bond donors (Lipinski definition) is 2. The number of aliphatic hydroxyl groups is 1. The van der Waals surface area contributed by atoms with Gasteiger partial charge in [0.1, 0.15) is 33.3 Å². The van der Waals surface area contributed by atoms with Crippen molar-refractivity contribution >= 4 is 32.4 Å². The lowest BCUT2D eigenvalue weighted by atomic mass is 9.66. The summed E-state index contributed by atoms with van der Waals surface area (Å²) in [4.78, 5) is 13.5. The molecule has 35 heavy (non-hydrogen) atoms. The summed E-state index contributed by atoms with van der Waals surface area (Å²) in [6.45, 7) is 6.20. The Morgan fingerprint density at radius 1 is 1.14 bits per heavy atom. The van der Waals surface area contributed by atoms with Crippen molar-refractivity contribution in [3.8, 4) is 23.0 Å². The van der Waals surface area contributed by atoms with Crippen LogP contribution in [0.25, 0.3) is 22.3 Å². The van der Waals surface area contributed by atoms with Gasteiger partial charge in [-0.3, -0.25) is 4.68 Å². The minimum atomic E-state index is -1.99. The van der Waals surface area contributed by atoms with Gasteiger partial charge in [-0.2, -0.15) is 5.10 Å². The molecule has 11 heteroatoms. The van der Waals surface area contributed by atoms with Gasteiger partial charge in [0, 0.05) is 35.9 Å². The third-order valence-electron chi connectivity index (χ3n) is 5.31. The summed E-state index contributed by atoms with van der Waals surface area (Å²) in [5, 5.41) is 15.9. The van der Waals surface area contributed by atoms with Crippen LogP contribution in [-0.2, 0) is 6.54 Å². The Labute approximate surface area is 206 Å². The number of ether oxygens (including phenoxy) is 2. The minimum absolute atomic E-state index is 0.122. The zero-order valence-electron chi connectivity index (χ0n) is 20.2. The molecule has 0 aromatic carbocycles. The van der Waals surface area contributed by atoms with Crippen LogP contribution in [0, 0.1) is 6.92 Å². The Balaban J connectivity index is 1.82. The number of fused-ring (bicyclic) bond motifs is 1. The molecule has 0 saturated heterocycles. The lowest BCUT2D eigenvalue weighted by Crippen LogP contribution is -2.36. The van der Waals surface area contributed by atoms with Crippen molar-refractivity contribution in [1.29, 1.82) is 0 Å². The summed E-state index contributed by atoms with van der Waals surface area (Å²) in [7, 11) is 12.5. The second-order valence-corrected chi connectivity index (χ2v) is 8.54. The highest BCUT2D eigenvalue weighted by atomic mass is 16.5. The van der Waals surface area contributed by atoms with Gasteiger partial charge < -0.3 is 19.9 Å². The normalized spacial score (nSPS) is 11.7. The van der Waals surface area contributed by atoms with Crippen molar-refractivity contribution in [3.05, 3.63) is 54.0 Å². The molecular weight excluding hydrogens is 442 g/mol. The molecular formula is C24H26B2N6O3. The molecule has 2 N–H and O–H groups in total. The van der Waals surface area contributed by atoms with E-state index in [4.69, 9.17) is 35.2 Å². The molecule has 0 atom stereocenters. The summed E-state index contributed by atoms with van der Waals surface area (Å²) in [6, 6.07) is 9.48. The molecule has 0 fully saturated rings. The maximum atomic E-state index is 9.69. The lowest BCUT2D eigenvalue weighted by Gasteiger charge is -2.20. The number of aryl methyl sites for hydroxylation is 1. The van der Waals surface area contributed by atoms with E-state index in [1.54, 1.807) is 25.6 Å². The van der Waals surface area contributed by atoms with Crippen LogP contribution in [0.2, 0.25) is 0 Å². The van der Waals surface area contributed by atoms with E-state index in [9.17, 15) is 5.11 Å². The Morgan fingerprint density at radius 3 is 2.54 bits per heavy atom. The molecule has 4 aromatic rings. The summed E-state index contributed by atoms with van der Waals surface area (Å²) >= 11 is 0. The third kappa shape index (κ3) is 5.40. The highest BCUT2D eigenvalue weighted by Crippen LogP contribution is 2.35. The first-order chi connectivity index (χ1) is 16.7. The zero-order chi connectivity index (χ0) is 25.2. The van der Waals surface area contributed by atoms with Crippen LogP contribution >= 0.6 is 0 Å². The molecule has 0 saturated carbocycles. The smallest absolute Gasteiger partial charge is 0.222 e. The SMILES string of the molecule is [B]C([B])(O)COc1ncccc1-c1cc(NCc2cccnc2OC)c2c(n1)c(C)nn2C(C)C. The van der Waals surface area contributed by atoms with Crippen molar-refractivity contribution in [2.24, 2.45) is 0 Å². The zero-order valence-corrected chi connectivity index (χ0v) is 20.2. The van der Waals surface area contributed by atoms with Gasteiger partial charge in [-0.05, 0) is 45.0 Å². The van der Waals surface area contributed by atoms with E-state index in [1.165, 1.54) is 0 Å². The molecule has 0 aliphatic heterocycles. The number of aromatic nitrogens is 5. The van der Waals surface area contributed by atoms with Gasteiger partial charge >= 0.3 is 0 Å². The van der Waals surface area contributed by atoms with Gasteiger partial charge in [0.25, 0.3) is 0 Å². The molecule has 4 heterocycles. The molecule has 4 rings (SSSR count). The number of hydrogen-bond acceptors (Lipinski definition) is 8. The lowest BCUT2D eigenvalue weighted by molar-refractivity contribution is 0.133. The van der Waals surface area contributed by atoms with Crippen LogP contribution in [0.3, 0.4) is 0 Å². The van der Waals surface area contributed by atoms with Crippen LogP contribution in [0.5, 0.6) is 11.8 Å². The molecule has 4 radical (unpaired) electrons. The van der Waals surface area contributed by atoms with Crippen molar-refractivity contribution in [2.75, 3.05) is 19.0 Å². The first-order valence-corrected chi connectivity index (χ1v) is 11.2. The summed E-state index contributed by atoms with van der Waals surface area (Å²) in [5.74, 6) is 0.806. The number of nitrogens with zero attached hydrogens (tertiary/aromatic N) is 5. The molecule has 0 aliphatic rings. The average Bonchev–Trinajstić information content (AvgIpc) is 3.18. The van der Waals surface area contributed by atoms with Crippen molar-refractivity contribution in [3.63, 3.8) is 0 Å². The van der Waals surface area contributed by atoms with Crippen molar-refractivity contribution < 1.29 is 14.6 Å². The standard InChI is InChI=1S/C24H26B2N6O3/c1-14(2)32-21-19(29-12-16-7-5-9-27-22(16)34-4)11-18(30-20(21)15(3)31-32)17-8-6-10-28-23(17)35-13-24(25,26)33/h5-11,14,33H,12-13H2,1-4H3,(H,29,30). The molecule has 0 unspecified atom stereocenters. The van der Waals surface area contributed by atoms with E-state index in [-0.39, 0.29) is 18.5 Å². The third-order valence-corrected chi connectivity index (χ3v) is 5.31. The van der Waals surface area contributed by atoms with Gasteiger partial charge in [0.15, 0.2) is 0 Å². The van der Waals surface area contributed by atoms with Crippen LogP contribution in [0.15, 0.2) is 42.7 Å². The highest BCUT2D eigenvalue weighted by molar-refractivity contribution is 6.38. The van der Waals surface area contributed by atoms with Crippen molar-refractivity contribution in [2.45, 2.75) is 38.8 Å². The van der Waals surface area contributed by atoms with Gasteiger partial charge in [0.2, 0.25) is 11.8 Å². The van der Waals surface area contributed by atoms with E-state index in [2.05, 4.69) is 29.1 Å². The molecule has 0 bridgehead atoms. The van der Waals surface area contributed by atoms with Crippen LogP contribution in [-0.4, -0.2) is 64.6 Å². The maximum absolute atomic E-state index is 9.69. The number of methoxy groups -OCH3 is 1. The monoisotopic (exact) mass is 468 g/mol. The average molecular weight is 468 g/mol. The molecule has 0 aliphatic carbocycles. The minimum Gasteiger partial charge on any atom is -0.481 e. The predicted molar refractivity (Wildman–Crippen MR) is 136 cm³/mol. The van der Waals surface area contributed by atoms with Crippen molar-refractivity contribution in [1.82, 2.24) is 24.7 Å². The Kier molecular flexibility index (Phi) is 6.98. The number of anilines is 1. The topological polar surface area (TPSA) is 107 Å². The molecule has 4 aromatic heterocycles. The van der Waals surface area contributed by atoms with E-state index in [0.717, 1.165) is 28.0 Å². The van der Waals surface area contributed by atoms with E-state index < -0.39 is 5.40 Å². The molecule has 176 valence electrons. The quantitative estimate of drug-likeness (QED) is 0.362. The number of rotatable bonds is 9. The van der Waals surface area contributed by atoms with Gasteiger partial charge in [-0.1, -0.05) is 6.07 Å². The molecule has 9 nitrogen and oxygen atoms in total. The number of nitrogens with one attached hydrogen (secondary N) is 1. The van der Waals surface area contributed by atoms with Gasteiger partial charge in [-0.25, -0.2) is 15.0 Å². The van der Waals surface area contributed by atoms with Crippen LogP contribution in [0.4, 0.5) is 5.69 Å². The largest absolute Gasteiger partial charge is 0.481 e. The van der Waals surface area contributed by atoms with Crippen LogP contribution < -0.4 is 14.8 Å². The first-order valence-electron chi connectivity index (χ1n) is 11.2. The van der Waals surface area contributed by atoms with Crippen LogP contribution in [0.1, 0.15) is 31.1 Å². The van der Waals surface area contributed by atoms with E-state index >= 15 is 0 Å². The predicted octanol–water partition coefficient (Wildman–Crippen LogP) is 2.76. The van der Waals surface area contributed by atoms with Gasteiger partial charge in [0.05, 0.1) is 29.7 Å². The summed E-state index contributed by atoms with van der Waals surface area (Å²) in [5.41, 5.74) is 5.40. The Bertz CT molecular complexity index is 1340. The highest BCUT2D eigenvalue weighted by Gasteiger charge is 2.21. The Hall–Kier alpha value is -3.59. The second-order valence-electron chi connectivity index (χ2n) is 8.54. The Morgan fingerprint density at radius 2 is 1.86 bits per heavy atom. The summed E-state index contributed by atoms with van der Waals surface area (Å²) in [6.07, 6.45) is 3.27. The van der Waals surface area contributed by atoms with E-state index in [1.807, 2.05) is 35.9 Å².